The molecule has 82 valence electrons. The largest absolute Gasteiger partial charge is 0.399 e. The number of nitrogens with one attached hydrogen (secondary N) is 1. The van der Waals surface area contributed by atoms with Crippen LogP contribution in [0.4, 0.5) is 5.69 Å². The van der Waals surface area contributed by atoms with Crippen molar-refractivity contribution in [3.8, 4) is 0 Å². The van der Waals surface area contributed by atoms with Crippen molar-refractivity contribution < 1.29 is 4.79 Å². The van der Waals surface area contributed by atoms with E-state index >= 15 is 0 Å². The number of hydrazine groups is 1. The Kier molecular flexibility index (Phi) is 4.44. The summed E-state index contributed by atoms with van der Waals surface area (Å²) in [6.07, 6.45) is 0. The van der Waals surface area contributed by atoms with Crippen molar-refractivity contribution in [2.75, 3.05) is 5.73 Å². The molecule has 0 saturated carbocycles. The van der Waals surface area contributed by atoms with Gasteiger partial charge in [-0.2, -0.15) is 0 Å². The minimum absolute atomic E-state index is 0.205. The molecule has 5 N–H and O–H groups in total. The number of hydrogen-bond donors (Lipinski definition) is 3. The van der Waals surface area contributed by atoms with Gasteiger partial charge in [-0.15, -0.1) is 11.8 Å². The number of nitrogen functional groups attached to an aromatic ring is 1. The SMILES string of the molecule is CC(Sc1ccc(N)cc1Br)C(=O)NN. The summed E-state index contributed by atoms with van der Waals surface area (Å²) in [6, 6.07) is 5.46. The Labute approximate surface area is 101 Å². The molecule has 0 heterocycles. The van der Waals surface area contributed by atoms with Gasteiger partial charge in [-0.1, -0.05) is 0 Å². The maximum absolute atomic E-state index is 11.2. The molecule has 0 bridgehead atoms. The normalized spacial score (nSPS) is 12.2. The van der Waals surface area contributed by atoms with Crippen LogP contribution in [0.15, 0.2) is 27.6 Å². The average Bonchev–Trinajstić information content (AvgIpc) is 2.20. The Bertz CT molecular complexity index is 372. The van der Waals surface area contributed by atoms with Crippen molar-refractivity contribution in [1.29, 1.82) is 0 Å². The van der Waals surface area contributed by atoms with E-state index in [4.69, 9.17) is 11.6 Å². The number of nitrogens with two attached hydrogens (primary N) is 2. The van der Waals surface area contributed by atoms with Crippen LogP contribution in [-0.4, -0.2) is 11.2 Å². The van der Waals surface area contributed by atoms with Crippen LogP contribution in [0.1, 0.15) is 6.92 Å². The highest BCUT2D eigenvalue weighted by molar-refractivity contribution is 9.10. The van der Waals surface area contributed by atoms with Crippen LogP contribution in [0.5, 0.6) is 0 Å². The number of hydrogen-bond acceptors (Lipinski definition) is 4. The number of anilines is 1. The van der Waals surface area contributed by atoms with Gasteiger partial charge in [0.25, 0.3) is 0 Å². The van der Waals surface area contributed by atoms with Crippen molar-refractivity contribution >= 4 is 39.3 Å². The molecule has 1 rings (SSSR count). The summed E-state index contributed by atoms with van der Waals surface area (Å²) in [5, 5.41) is -0.241. The topological polar surface area (TPSA) is 81.1 Å². The molecule has 0 spiro atoms. The van der Waals surface area contributed by atoms with Crippen LogP contribution in [0.25, 0.3) is 0 Å². The van der Waals surface area contributed by atoms with Gasteiger partial charge in [0.05, 0.1) is 5.25 Å². The Morgan fingerprint density at radius 3 is 2.80 bits per heavy atom. The summed E-state index contributed by atoms with van der Waals surface area (Å²) in [7, 11) is 0. The zero-order valence-corrected chi connectivity index (χ0v) is 10.6. The predicted molar refractivity (Wildman–Crippen MR) is 66.2 cm³/mol. The third kappa shape index (κ3) is 3.40. The molecule has 0 radical (unpaired) electrons. The fraction of sp³-hybridized carbons (Fsp3) is 0.222. The molecule has 0 aliphatic heterocycles. The minimum atomic E-state index is -0.241. The van der Waals surface area contributed by atoms with Crippen LogP contribution < -0.4 is 17.0 Å². The van der Waals surface area contributed by atoms with Gasteiger partial charge < -0.3 is 5.73 Å². The van der Waals surface area contributed by atoms with Crippen LogP contribution in [0.2, 0.25) is 0 Å². The van der Waals surface area contributed by atoms with E-state index in [2.05, 4.69) is 21.4 Å². The van der Waals surface area contributed by atoms with Crippen molar-refractivity contribution in [3.05, 3.63) is 22.7 Å². The van der Waals surface area contributed by atoms with Gasteiger partial charge in [0.15, 0.2) is 0 Å². The first-order valence-corrected chi connectivity index (χ1v) is 5.94. The van der Waals surface area contributed by atoms with Crippen molar-refractivity contribution in [3.63, 3.8) is 0 Å². The highest BCUT2D eigenvalue weighted by Crippen LogP contribution is 2.31. The average molecular weight is 290 g/mol. The van der Waals surface area contributed by atoms with E-state index < -0.39 is 0 Å². The summed E-state index contributed by atoms with van der Waals surface area (Å²) < 4.78 is 0.879. The smallest absolute Gasteiger partial charge is 0.247 e. The molecule has 0 saturated heterocycles. The lowest BCUT2D eigenvalue weighted by Gasteiger charge is -2.10. The molecule has 4 nitrogen and oxygen atoms in total. The standard InChI is InChI=1S/C9H12BrN3OS/c1-5(9(14)13-12)15-8-3-2-6(11)4-7(8)10/h2-5H,11-12H2,1H3,(H,13,14). The van der Waals surface area contributed by atoms with E-state index in [9.17, 15) is 4.79 Å². The molecule has 1 atom stereocenters. The number of rotatable bonds is 3. The van der Waals surface area contributed by atoms with Crippen molar-refractivity contribution in [1.82, 2.24) is 5.43 Å². The Balaban J connectivity index is 2.76. The molecule has 0 aliphatic rings. The first-order chi connectivity index (χ1) is 7.04. The van der Waals surface area contributed by atoms with Crippen molar-refractivity contribution in [2.45, 2.75) is 17.1 Å². The Morgan fingerprint density at radius 1 is 1.60 bits per heavy atom. The number of carbonyl (C=O) groups excluding carboxylic acids is 1. The highest BCUT2D eigenvalue weighted by Gasteiger charge is 2.14. The Hall–Kier alpha value is -0.720. The molecular weight excluding hydrogens is 278 g/mol. The zero-order valence-electron chi connectivity index (χ0n) is 8.16. The first-order valence-electron chi connectivity index (χ1n) is 4.26. The van der Waals surface area contributed by atoms with E-state index in [1.165, 1.54) is 11.8 Å². The van der Waals surface area contributed by atoms with Gasteiger partial charge in [-0.25, -0.2) is 5.84 Å². The molecule has 0 fully saturated rings. The molecular formula is C9H12BrN3OS. The van der Waals surface area contributed by atoms with Crippen LogP contribution >= 0.6 is 27.7 Å². The lowest BCUT2D eigenvalue weighted by molar-refractivity contribution is -0.120. The molecule has 1 aromatic rings. The number of halogens is 1. The summed E-state index contributed by atoms with van der Waals surface area (Å²) in [6.45, 7) is 1.79. The van der Waals surface area contributed by atoms with Crippen LogP contribution in [0, 0.1) is 0 Å². The highest BCUT2D eigenvalue weighted by atomic mass is 79.9. The second-order valence-electron chi connectivity index (χ2n) is 2.96. The number of thioether (sulfide) groups is 1. The van der Waals surface area contributed by atoms with Gasteiger partial charge in [0.1, 0.15) is 0 Å². The predicted octanol–water partition coefficient (Wildman–Crippen LogP) is 1.50. The van der Waals surface area contributed by atoms with E-state index in [-0.39, 0.29) is 11.2 Å². The quantitative estimate of drug-likeness (QED) is 0.259. The number of carbonyl (C=O) groups is 1. The monoisotopic (exact) mass is 289 g/mol. The van der Waals surface area contributed by atoms with E-state index in [0.717, 1.165) is 9.37 Å². The summed E-state index contributed by atoms with van der Waals surface area (Å²) >= 11 is 4.80. The Morgan fingerprint density at radius 2 is 2.27 bits per heavy atom. The summed E-state index contributed by atoms with van der Waals surface area (Å²) in [5.41, 5.74) is 8.40. The minimum Gasteiger partial charge on any atom is -0.399 e. The molecule has 6 heteroatoms. The van der Waals surface area contributed by atoms with Gasteiger partial charge in [-0.3, -0.25) is 10.2 Å². The van der Waals surface area contributed by atoms with Gasteiger partial charge in [0.2, 0.25) is 5.91 Å². The number of amides is 1. The van der Waals surface area contributed by atoms with Crippen molar-refractivity contribution in [2.24, 2.45) is 5.84 Å². The summed E-state index contributed by atoms with van der Waals surface area (Å²) in [5.74, 6) is 4.84. The van der Waals surface area contributed by atoms with Crippen LogP contribution in [0.3, 0.4) is 0 Å². The summed E-state index contributed by atoms with van der Waals surface area (Å²) in [4.78, 5) is 12.2. The second kappa shape index (κ2) is 5.39. The van der Waals surface area contributed by atoms with E-state index in [1.807, 2.05) is 6.07 Å². The second-order valence-corrected chi connectivity index (χ2v) is 5.20. The third-order valence-electron chi connectivity index (χ3n) is 1.77. The lowest BCUT2D eigenvalue weighted by Crippen LogP contribution is -2.36. The molecule has 15 heavy (non-hydrogen) atoms. The molecule has 1 aromatic carbocycles. The molecule has 1 unspecified atom stereocenters. The van der Waals surface area contributed by atoms with Gasteiger partial charge in [0, 0.05) is 15.1 Å². The zero-order chi connectivity index (χ0) is 11.4. The molecule has 0 aliphatic carbocycles. The first kappa shape index (κ1) is 12.4. The lowest BCUT2D eigenvalue weighted by atomic mass is 10.3. The van der Waals surface area contributed by atoms with E-state index in [1.54, 1.807) is 19.1 Å². The molecule has 1 amide bonds. The number of benzene rings is 1. The van der Waals surface area contributed by atoms with E-state index in [0.29, 0.717) is 5.69 Å². The fourth-order valence-corrected chi connectivity index (χ4v) is 2.52. The third-order valence-corrected chi connectivity index (χ3v) is 3.87. The maximum atomic E-state index is 11.2. The maximum Gasteiger partial charge on any atom is 0.247 e. The van der Waals surface area contributed by atoms with Gasteiger partial charge >= 0.3 is 0 Å². The van der Waals surface area contributed by atoms with Crippen LogP contribution in [-0.2, 0) is 4.79 Å². The van der Waals surface area contributed by atoms with Gasteiger partial charge in [-0.05, 0) is 41.1 Å². The molecule has 0 aromatic heterocycles. The fourth-order valence-electron chi connectivity index (χ4n) is 0.974.